The normalized spacial score (nSPS) is 25.9. The Bertz CT molecular complexity index is 949. The van der Waals surface area contributed by atoms with Crippen LogP contribution in [0, 0.1) is 11.8 Å². The average Bonchev–Trinajstić information content (AvgIpc) is 3.53. The van der Waals surface area contributed by atoms with Gasteiger partial charge < -0.3 is 37.9 Å². The Morgan fingerprint density at radius 3 is 1.77 bits per heavy atom. The van der Waals surface area contributed by atoms with Gasteiger partial charge in [0.1, 0.15) is 0 Å². The van der Waals surface area contributed by atoms with Crippen LogP contribution in [-0.4, -0.2) is 48.4 Å². The first-order chi connectivity index (χ1) is 15.2. The highest BCUT2D eigenvalue weighted by Crippen LogP contribution is 2.54. The second-order valence-corrected chi connectivity index (χ2v) is 7.75. The lowest BCUT2D eigenvalue weighted by molar-refractivity contribution is 0.0190. The summed E-state index contributed by atoms with van der Waals surface area (Å²) in [4.78, 5) is 0. The quantitative estimate of drug-likeness (QED) is 0.689. The molecule has 0 saturated carbocycles. The van der Waals surface area contributed by atoms with Crippen LogP contribution in [0.25, 0.3) is 0 Å². The topological polar surface area (TPSA) is 73.8 Å². The van der Waals surface area contributed by atoms with Crippen LogP contribution in [0.1, 0.15) is 23.3 Å². The van der Waals surface area contributed by atoms with Gasteiger partial charge in [-0.05, 0) is 35.4 Å². The number of rotatable bonds is 6. The lowest BCUT2D eigenvalue weighted by Crippen LogP contribution is -2.15. The summed E-state index contributed by atoms with van der Waals surface area (Å²) in [5.74, 6) is 4.16. The summed E-state index contributed by atoms with van der Waals surface area (Å²) < 4.78 is 45.6. The van der Waals surface area contributed by atoms with Gasteiger partial charge in [0.15, 0.2) is 23.0 Å². The summed E-state index contributed by atoms with van der Waals surface area (Å²) in [5.41, 5.74) is 1.98. The van der Waals surface area contributed by atoms with E-state index in [0.717, 1.165) is 11.1 Å². The van der Waals surface area contributed by atoms with Crippen molar-refractivity contribution < 1.29 is 37.9 Å². The second-order valence-electron chi connectivity index (χ2n) is 7.75. The molecule has 0 aromatic heterocycles. The minimum Gasteiger partial charge on any atom is -0.493 e. The first-order valence-electron chi connectivity index (χ1n) is 10.2. The SMILES string of the molecule is COc1cc([C@H]2OC[C@H]3[C@H]2CO[C@@H]3c2cc(OC)c3c(c2)OCO3)cc(OC)c1OC. The molecule has 3 aliphatic heterocycles. The minimum absolute atomic E-state index is 0.111. The van der Waals surface area contributed by atoms with E-state index in [2.05, 4.69) is 0 Å². The van der Waals surface area contributed by atoms with E-state index in [0.29, 0.717) is 47.7 Å². The third-order valence-corrected chi connectivity index (χ3v) is 6.29. The molecule has 0 N–H and O–H groups in total. The predicted octanol–water partition coefficient (Wildman–Crippen LogP) is 3.52. The molecule has 0 unspecified atom stereocenters. The summed E-state index contributed by atoms with van der Waals surface area (Å²) in [6.07, 6.45) is -0.236. The van der Waals surface area contributed by atoms with E-state index in [9.17, 15) is 0 Å². The Hall–Kier alpha value is -2.84. The van der Waals surface area contributed by atoms with Crippen LogP contribution in [0.5, 0.6) is 34.5 Å². The molecule has 3 aliphatic rings. The molecular weight excluding hydrogens is 404 g/mol. The van der Waals surface area contributed by atoms with Crippen LogP contribution in [0.15, 0.2) is 24.3 Å². The molecule has 31 heavy (non-hydrogen) atoms. The number of hydrogen-bond acceptors (Lipinski definition) is 8. The predicted molar refractivity (Wildman–Crippen MR) is 110 cm³/mol. The van der Waals surface area contributed by atoms with Crippen molar-refractivity contribution >= 4 is 0 Å². The highest BCUT2D eigenvalue weighted by Gasteiger charge is 2.48. The van der Waals surface area contributed by atoms with Crippen molar-refractivity contribution in [2.75, 3.05) is 48.4 Å². The number of benzene rings is 2. The van der Waals surface area contributed by atoms with Crippen molar-refractivity contribution in [3.8, 4) is 34.5 Å². The zero-order chi connectivity index (χ0) is 21.5. The van der Waals surface area contributed by atoms with Crippen molar-refractivity contribution in [1.82, 2.24) is 0 Å². The second kappa shape index (κ2) is 8.01. The molecule has 0 amide bonds. The van der Waals surface area contributed by atoms with Gasteiger partial charge in [-0.2, -0.15) is 0 Å². The monoisotopic (exact) mass is 430 g/mol. The van der Waals surface area contributed by atoms with Crippen molar-refractivity contribution in [2.24, 2.45) is 11.8 Å². The van der Waals surface area contributed by atoms with E-state index < -0.39 is 0 Å². The fraction of sp³-hybridized carbons (Fsp3) is 0.478. The molecule has 2 aromatic rings. The summed E-state index contributed by atoms with van der Waals surface area (Å²) in [7, 11) is 6.44. The van der Waals surface area contributed by atoms with E-state index in [4.69, 9.17) is 37.9 Å². The van der Waals surface area contributed by atoms with Gasteiger partial charge in [-0.25, -0.2) is 0 Å². The van der Waals surface area contributed by atoms with Gasteiger partial charge in [-0.1, -0.05) is 0 Å². The Kier molecular flexibility index (Phi) is 5.19. The van der Waals surface area contributed by atoms with Crippen LogP contribution in [0.4, 0.5) is 0 Å². The zero-order valence-corrected chi connectivity index (χ0v) is 18.0. The van der Waals surface area contributed by atoms with E-state index in [-0.39, 0.29) is 30.8 Å². The number of methoxy groups -OCH3 is 4. The number of ether oxygens (including phenoxy) is 8. The number of hydrogen-bond donors (Lipinski definition) is 0. The van der Waals surface area contributed by atoms with Crippen LogP contribution in [-0.2, 0) is 9.47 Å². The van der Waals surface area contributed by atoms with Crippen LogP contribution in [0.3, 0.4) is 0 Å². The molecule has 2 saturated heterocycles. The standard InChI is InChI=1S/C23H26O8/c1-24-16-5-12(6-17(25-2)22(16)27-4)20-14-9-29-21(15(14)10-28-20)13-7-18(26-3)23-19(8-13)30-11-31-23/h5-8,14-15,20-21H,9-11H2,1-4H3/t14-,15+,20-,21-/m1/s1. The van der Waals surface area contributed by atoms with Crippen molar-refractivity contribution in [3.05, 3.63) is 35.4 Å². The Labute approximate surface area is 180 Å². The third-order valence-electron chi connectivity index (χ3n) is 6.29. The average molecular weight is 430 g/mol. The maximum absolute atomic E-state index is 6.26. The smallest absolute Gasteiger partial charge is 0.231 e. The molecule has 8 nitrogen and oxygen atoms in total. The molecule has 5 rings (SSSR count). The lowest BCUT2D eigenvalue weighted by atomic mass is 9.84. The van der Waals surface area contributed by atoms with Gasteiger partial charge in [0.2, 0.25) is 18.3 Å². The molecule has 0 bridgehead atoms. The largest absolute Gasteiger partial charge is 0.493 e. The number of fused-ring (bicyclic) bond motifs is 2. The lowest BCUT2D eigenvalue weighted by Gasteiger charge is -2.20. The molecule has 3 heterocycles. The van der Waals surface area contributed by atoms with E-state index in [1.54, 1.807) is 28.4 Å². The summed E-state index contributed by atoms with van der Waals surface area (Å²) in [6.45, 7) is 1.37. The van der Waals surface area contributed by atoms with Crippen molar-refractivity contribution in [1.29, 1.82) is 0 Å². The molecular formula is C23H26O8. The van der Waals surface area contributed by atoms with Gasteiger partial charge in [-0.3, -0.25) is 0 Å². The van der Waals surface area contributed by atoms with E-state index in [1.807, 2.05) is 24.3 Å². The van der Waals surface area contributed by atoms with Gasteiger partial charge >= 0.3 is 0 Å². The maximum atomic E-state index is 6.26. The third kappa shape index (κ3) is 3.21. The van der Waals surface area contributed by atoms with Crippen molar-refractivity contribution in [2.45, 2.75) is 12.2 Å². The van der Waals surface area contributed by atoms with E-state index >= 15 is 0 Å². The van der Waals surface area contributed by atoms with Gasteiger partial charge in [0.25, 0.3) is 0 Å². The van der Waals surface area contributed by atoms with Gasteiger partial charge in [0, 0.05) is 11.8 Å². The molecule has 0 aliphatic carbocycles. The van der Waals surface area contributed by atoms with E-state index in [1.165, 1.54) is 0 Å². The van der Waals surface area contributed by atoms with Gasteiger partial charge in [0.05, 0.1) is 53.9 Å². The highest BCUT2D eigenvalue weighted by atomic mass is 16.7. The zero-order valence-electron chi connectivity index (χ0n) is 18.0. The summed E-state index contributed by atoms with van der Waals surface area (Å²) >= 11 is 0. The minimum atomic E-state index is -0.125. The summed E-state index contributed by atoms with van der Waals surface area (Å²) in [6, 6.07) is 7.84. The molecule has 2 aromatic carbocycles. The Morgan fingerprint density at radius 2 is 1.23 bits per heavy atom. The molecule has 166 valence electrons. The first kappa shape index (κ1) is 20.1. The van der Waals surface area contributed by atoms with Gasteiger partial charge in [-0.15, -0.1) is 0 Å². The van der Waals surface area contributed by atoms with Crippen LogP contribution >= 0.6 is 0 Å². The van der Waals surface area contributed by atoms with Crippen LogP contribution in [0.2, 0.25) is 0 Å². The molecule has 4 atom stereocenters. The Morgan fingerprint density at radius 1 is 0.677 bits per heavy atom. The van der Waals surface area contributed by atoms with Crippen LogP contribution < -0.4 is 28.4 Å². The fourth-order valence-electron chi connectivity index (χ4n) is 4.81. The molecule has 8 heteroatoms. The van der Waals surface area contributed by atoms with Crippen molar-refractivity contribution in [3.63, 3.8) is 0 Å². The Balaban J connectivity index is 1.44. The molecule has 0 radical (unpaired) electrons. The first-order valence-corrected chi connectivity index (χ1v) is 10.2. The highest BCUT2D eigenvalue weighted by molar-refractivity contribution is 5.56. The fourth-order valence-corrected chi connectivity index (χ4v) is 4.81. The molecule has 0 spiro atoms. The molecule has 2 fully saturated rings. The summed E-state index contributed by atoms with van der Waals surface area (Å²) in [5, 5.41) is 0. The maximum Gasteiger partial charge on any atom is 0.231 e.